The standard InChI is InChI=1S/C25H32ClNO6.ClH/c1-27(8-7-26)14-18-10-17(13-23(32-4)24(18)28)11-20-19(15-33-25(20)29)9-16-5-6-21(30-2)22(12-16)31-3;/h5-6,10,12-13,19-20,28H,7-9,11,14-15H2,1-4H3;1H/t19-,20+;/m0./s1. The maximum Gasteiger partial charge on any atom is 0.309 e. The van der Waals surface area contributed by atoms with Crippen LogP contribution in [-0.4, -0.2) is 63.4 Å². The van der Waals surface area contributed by atoms with Crippen LogP contribution in [0.3, 0.4) is 0 Å². The SMILES string of the molecule is COc1ccc(C[C@H]2COC(=O)[C@@H]2Cc2cc(CN(C)CCCl)c(O)c(OC)c2)cc1OC.Cl. The van der Waals surface area contributed by atoms with Crippen molar-refractivity contribution in [3.05, 3.63) is 47.0 Å². The molecule has 0 amide bonds. The minimum absolute atomic E-state index is 0. The zero-order chi connectivity index (χ0) is 24.0. The molecule has 9 heteroatoms. The number of aromatic hydroxyl groups is 1. The molecule has 0 radical (unpaired) electrons. The van der Waals surface area contributed by atoms with Crippen LogP contribution in [0, 0.1) is 11.8 Å². The summed E-state index contributed by atoms with van der Waals surface area (Å²) < 4.78 is 21.6. The highest BCUT2D eigenvalue weighted by molar-refractivity contribution is 6.18. The second-order valence-electron chi connectivity index (χ2n) is 8.33. The van der Waals surface area contributed by atoms with Crippen molar-refractivity contribution >= 4 is 30.0 Å². The van der Waals surface area contributed by atoms with Gasteiger partial charge in [-0.1, -0.05) is 12.1 Å². The molecule has 0 spiro atoms. The van der Waals surface area contributed by atoms with Gasteiger partial charge in [0.2, 0.25) is 0 Å². The van der Waals surface area contributed by atoms with E-state index in [4.69, 9.17) is 30.5 Å². The number of cyclic esters (lactones) is 1. The lowest BCUT2D eigenvalue weighted by molar-refractivity contribution is -0.141. The smallest absolute Gasteiger partial charge is 0.309 e. The molecule has 1 saturated heterocycles. The average molecular weight is 514 g/mol. The molecule has 1 heterocycles. The van der Waals surface area contributed by atoms with Gasteiger partial charge >= 0.3 is 5.97 Å². The number of hydrogen-bond acceptors (Lipinski definition) is 7. The molecule has 3 rings (SSSR count). The molecule has 0 bridgehead atoms. The molecule has 188 valence electrons. The molecular weight excluding hydrogens is 481 g/mol. The van der Waals surface area contributed by atoms with Crippen molar-refractivity contribution in [1.29, 1.82) is 0 Å². The van der Waals surface area contributed by atoms with Crippen molar-refractivity contribution in [3.63, 3.8) is 0 Å². The van der Waals surface area contributed by atoms with Crippen LogP contribution in [0.4, 0.5) is 0 Å². The number of ether oxygens (including phenoxy) is 4. The number of esters is 1. The van der Waals surface area contributed by atoms with Gasteiger partial charge in [0.05, 0.1) is 33.9 Å². The molecule has 1 N–H and O–H groups in total. The van der Waals surface area contributed by atoms with Crippen molar-refractivity contribution in [2.45, 2.75) is 19.4 Å². The third-order valence-corrected chi connectivity index (χ3v) is 6.22. The van der Waals surface area contributed by atoms with Crippen molar-refractivity contribution in [3.8, 4) is 23.0 Å². The van der Waals surface area contributed by atoms with E-state index in [1.165, 1.54) is 7.11 Å². The van der Waals surface area contributed by atoms with E-state index in [1.54, 1.807) is 20.3 Å². The maximum atomic E-state index is 12.6. The zero-order valence-corrected chi connectivity index (χ0v) is 21.6. The molecule has 0 unspecified atom stereocenters. The Labute approximate surface area is 212 Å². The van der Waals surface area contributed by atoms with Crippen LogP contribution in [0.15, 0.2) is 30.3 Å². The van der Waals surface area contributed by atoms with E-state index in [2.05, 4.69) is 0 Å². The predicted molar refractivity (Wildman–Crippen MR) is 134 cm³/mol. The van der Waals surface area contributed by atoms with Gasteiger partial charge in [-0.05, 0) is 49.2 Å². The summed E-state index contributed by atoms with van der Waals surface area (Å²) in [6, 6.07) is 9.51. The van der Waals surface area contributed by atoms with Crippen LogP contribution >= 0.6 is 24.0 Å². The molecule has 0 aromatic heterocycles. The van der Waals surface area contributed by atoms with Crippen LogP contribution in [0.5, 0.6) is 23.0 Å². The Morgan fingerprint density at radius 2 is 1.71 bits per heavy atom. The van der Waals surface area contributed by atoms with E-state index in [0.717, 1.165) is 16.7 Å². The molecule has 2 atom stereocenters. The van der Waals surface area contributed by atoms with E-state index in [-0.39, 0.29) is 36.0 Å². The summed E-state index contributed by atoms with van der Waals surface area (Å²) in [6.07, 6.45) is 1.18. The van der Waals surface area contributed by atoms with Gasteiger partial charge in [0, 0.05) is 30.5 Å². The predicted octanol–water partition coefficient (Wildman–Crippen LogP) is 4.08. The van der Waals surface area contributed by atoms with Gasteiger partial charge in [-0.3, -0.25) is 4.79 Å². The molecule has 1 aliphatic heterocycles. The quantitative estimate of drug-likeness (QED) is 0.358. The Kier molecular flexibility index (Phi) is 10.6. The number of nitrogens with zero attached hydrogens (tertiary/aromatic N) is 1. The summed E-state index contributed by atoms with van der Waals surface area (Å²) in [6.45, 7) is 1.58. The van der Waals surface area contributed by atoms with Crippen molar-refractivity contribution in [1.82, 2.24) is 4.90 Å². The number of alkyl halides is 1. The summed E-state index contributed by atoms with van der Waals surface area (Å²) in [4.78, 5) is 14.6. The molecular formula is C25H33Cl2NO6. The molecule has 1 fully saturated rings. The molecule has 7 nitrogen and oxygen atoms in total. The topological polar surface area (TPSA) is 77.5 Å². The van der Waals surface area contributed by atoms with E-state index in [1.807, 2.05) is 36.2 Å². The Hall–Kier alpha value is -2.35. The Morgan fingerprint density at radius 3 is 2.35 bits per heavy atom. The fourth-order valence-corrected chi connectivity index (χ4v) is 4.55. The summed E-state index contributed by atoms with van der Waals surface area (Å²) in [5.74, 6) is 1.86. The second kappa shape index (κ2) is 12.9. The van der Waals surface area contributed by atoms with Gasteiger partial charge in [0.15, 0.2) is 23.0 Å². The van der Waals surface area contributed by atoms with Gasteiger partial charge in [0.25, 0.3) is 0 Å². The number of methoxy groups -OCH3 is 3. The van der Waals surface area contributed by atoms with Crippen LogP contribution in [0.2, 0.25) is 0 Å². The molecule has 0 saturated carbocycles. The number of hydrogen-bond donors (Lipinski definition) is 1. The summed E-state index contributed by atoms with van der Waals surface area (Å²) >= 11 is 5.85. The van der Waals surface area contributed by atoms with Crippen LogP contribution in [-0.2, 0) is 28.9 Å². The van der Waals surface area contributed by atoms with Crippen LogP contribution in [0.1, 0.15) is 16.7 Å². The summed E-state index contributed by atoms with van der Waals surface area (Å²) in [5, 5.41) is 10.6. The van der Waals surface area contributed by atoms with Gasteiger partial charge in [-0.25, -0.2) is 0 Å². The highest BCUT2D eigenvalue weighted by Gasteiger charge is 2.37. The second-order valence-corrected chi connectivity index (χ2v) is 8.70. The van der Waals surface area contributed by atoms with E-state index in [9.17, 15) is 9.90 Å². The molecule has 2 aromatic carbocycles. The maximum absolute atomic E-state index is 12.6. The molecule has 2 aromatic rings. The lowest BCUT2D eigenvalue weighted by Gasteiger charge is -2.20. The van der Waals surface area contributed by atoms with E-state index in [0.29, 0.717) is 55.7 Å². The normalized spacial score (nSPS) is 17.3. The first-order valence-electron chi connectivity index (χ1n) is 10.9. The fourth-order valence-electron chi connectivity index (χ4n) is 4.26. The number of benzene rings is 2. The first-order valence-corrected chi connectivity index (χ1v) is 11.4. The Bertz CT molecular complexity index is 971. The third-order valence-electron chi connectivity index (χ3n) is 6.05. The van der Waals surface area contributed by atoms with Gasteiger partial charge in [0.1, 0.15) is 0 Å². The highest BCUT2D eigenvalue weighted by Crippen LogP contribution is 2.36. The first-order chi connectivity index (χ1) is 15.9. The largest absolute Gasteiger partial charge is 0.504 e. The van der Waals surface area contributed by atoms with Gasteiger partial charge in [-0.15, -0.1) is 24.0 Å². The number of carbonyl (C=O) groups is 1. The lowest BCUT2D eigenvalue weighted by atomic mass is 9.84. The Morgan fingerprint density at radius 1 is 1.03 bits per heavy atom. The van der Waals surface area contributed by atoms with Crippen molar-refractivity contribution < 1.29 is 28.8 Å². The van der Waals surface area contributed by atoms with E-state index < -0.39 is 0 Å². The van der Waals surface area contributed by atoms with E-state index >= 15 is 0 Å². The Balaban J connectivity index is 0.00000408. The minimum atomic E-state index is -0.291. The lowest BCUT2D eigenvalue weighted by Crippen LogP contribution is -2.22. The number of rotatable bonds is 11. The van der Waals surface area contributed by atoms with Gasteiger partial charge < -0.3 is 29.0 Å². The van der Waals surface area contributed by atoms with Crippen LogP contribution in [0.25, 0.3) is 0 Å². The molecule has 34 heavy (non-hydrogen) atoms. The highest BCUT2D eigenvalue weighted by atomic mass is 35.5. The van der Waals surface area contributed by atoms with Gasteiger partial charge in [-0.2, -0.15) is 0 Å². The van der Waals surface area contributed by atoms with Crippen molar-refractivity contribution in [2.24, 2.45) is 11.8 Å². The zero-order valence-electron chi connectivity index (χ0n) is 20.0. The number of phenolic OH excluding ortho intramolecular Hbond substituents is 1. The molecule has 0 aliphatic carbocycles. The molecule has 1 aliphatic rings. The number of phenols is 1. The van der Waals surface area contributed by atoms with Crippen molar-refractivity contribution in [2.75, 3.05) is 47.4 Å². The first kappa shape index (κ1) is 27.9. The fraction of sp³-hybridized carbons (Fsp3) is 0.480. The summed E-state index contributed by atoms with van der Waals surface area (Å²) in [5.41, 5.74) is 2.70. The summed E-state index contributed by atoms with van der Waals surface area (Å²) in [7, 11) is 6.67. The number of halogens is 2. The average Bonchev–Trinajstić information content (AvgIpc) is 3.14. The monoisotopic (exact) mass is 513 g/mol. The van der Waals surface area contributed by atoms with Crippen LogP contribution < -0.4 is 14.2 Å². The number of carbonyl (C=O) groups excluding carboxylic acids is 1. The third kappa shape index (κ3) is 6.62. The minimum Gasteiger partial charge on any atom is -0.504 e.